The van der Waals surface area contributed by atoms with E-state index in [4.69, 9.17) is 5.11 Å². The zero-order valence-electron chi connectivity index (χ0n) is 11.1. The van der Waals surface area contributed by atoms with Gasteiger partial charge in [0.1, 0.15) is 6.04 Å². The van der Waals surface area contributed by atoms with E-state index < -0.39 is 17.7 Å². The van der Waals surface area contributed by atoms with Gasteiger partial charge in [-0.25, -0.2) is 9.59 Å². The summed E-state index contributed by atoms with van der Waals surface area (Å²) in [5.74, 6) is -1.34. The van der Waals surface area contributed by atoms with Gasteiger partial charge in [0.25, 0.3) is 0 Å². The molecule has 0 radical (unpaired) electrons. The maximum absolute atomic E-state index is 11.9. The molecule has 0 spiro atoms. The number of benzene rings is 1. The van der Waals surface area contributed by atoms with E-state index in [1.165, 1.54) is 22.8 Å². The van der Waals surface area contributed by atoms with Gasteiger partial charge in [0.05, 0.1) is 16.6 Å². The predicted octanol–water partition coefficient (Wildman–Crippen LogP) is 0.725. The van der Waals surface area contributed by atoms with Crippen LogP contribution >= 0.6 is 0 Å². The molecular formula is C13H15N3O4. The van der Waals surface area contributed by atoms with Crippen molar-refractivity contribution in [3.8, 4) is 0 Å². The molecule has 0 saturated carbocycles. The Morgan fingerprint density at radius 1 is 1.45 bits per heavy atom. The van der Waals surface area contributed by atoms with Gasteiger partial charge in [0.2, 0.25) is 5.91 Å². The quantitative estimate of drug-likeness (QED) is 0.766. The van der Waals surface area contributed by atoms with Crippen LogP contribution in [-0.2, 0) is 4.79 Å². The first-order valence-electron chi connectivity index (χ1n) is 6.21. The van der Waals surface area contributed by atoms with Crippen molar-refractivity contribution in [2.45, 2.75) is 19.9 Å². The lowest BCUT2D eigenvalue weighted by molar-refractivity contribution is -0.123. The molecule has 1 amide bonds. The fourth-order valence-electron chi connectivity index (χ4n) is 2.09. The van der Waals surface area contributed by atoms with Crippen LogP contribution in [-0.4, -0.2) is 33.1 Å². The number of hydrogen-bond acceptors (Lipinski definition) is 3. The second-order valence-electron chi connectivity index (χ2n) is 4.41. The molecule has 1 atom stereocenters. The first-order chi connectivity index (χ1) is 9.45. The summed E-state index contributed by atoms with van der Waals surface area (Å²) in [6.45, 7) is 3.88. The van der Waals surface area contributed by atoms with Crippen molar-refractivity contribution in [3.63, 3.8) is 0 Å². The number of likely N-dealkylation sites (N-methyl/N-ethyl adjacent to an activating group) is 1. The number of H-pyrrole nitrogens is 1. The molecule has 7 nitrogen and oxygen atoms in total. The lowest BCUT2D eigenvalue weighted by atomic mass is 10.2. The minimum atomic E-state index is -1.07. The molecule has 0 bridgehead atoms. The second-order valence-corrected chi connectivity index (χ2v) is 4.41. The Balaban J connectivity index is 2.54. The van der Waals surface area contributed by atoms with Crippen LogP contribution in [0, 0.1) is 0 Å². The SMILES string of the molecule is CCNC(=O)C(C)n1c(=O)[nH]c2cc(C(=O)O)ccc21. The van der Waals surface area contributed by atoms with E-state index in [1.807, 2.05) is 0 Å². The van der Waals surface area contributed by atoms with Crippen LogP contribution in [0.2, 0.25) is 0 Å². The number of rotatable bonds is 4. The Morgan fingerprint density at radius 2 is 2.15 bits per heavy atom. The Hall–Kier alpha value is -2.57. The van der Waals surface area contributed by atoms with Crippen molar-refractivity contribution in [1.29, 1.82) is 0 Å². The first-order valence-corrected chi connectivity index (χ1v) is 6.21. The number of nitrogens with one attached hydrogen (secondary N) is 2. The lowest BCUT2D eigenvalue weighted by Gasteiger charge is -2.12. The molecule has 1 unspecified atom stereocenters. The van der Waals surface area contributed by atoms with E-state index in [0.717, 1.165) is 0 Å². The molecule has 0 aliphatic rings. The summed E-state index contributed by atoms with van der Waals surface area (Å²) in [5.41, 5.74) is 0.530. The standard InChI is InChI=1S/C13H15N3O4/c1-3-14-11(17)7(2)16-10-5-4-8(12(18)19)6-9(10)15-13(16)20/h4-7H,3H2,1-2H3,(H,14,17)(H,15,20)(H,18,19). The third-order valence-corrected chi connectivity index (χ3v) is 3.08. The number of amides is 1. The van der Waals surface area contributed by atoms with Crippen molar-refractivity contribution in [1.82, 2.24) is 14.9 Å². The summed E-state index contributed by atoms with van der Waals surface area (Å²) in [7, 11) is 0. The van der Waals surface area contributed by atoms with Gasteiger partial charge in [-0.1, -0.05) is 0 Å². The number of carbonyl (C=O) groups excluding carboxylic acids is 1. The number of aromatic amines is 1. The molecule has 20 heavy (non-hydrogen) atoms. The molecule has 1 aromatic carbocycles. The molecule has 0 fully saturated rings. The smallest absolute Gasteiger partial charge is 0.335 e. The molecule has 0 aliphatic carbocycles. The van der Waals surface area contributed by atoms with Gasteiger partial charge in [-0.3, -0.25) is 9.36 Å². The van der Waals surface area contributed by atoms with Crippen molar-refractivity contribution in [2.75, 3.05) is 6.54 Å². The highest BCUT2D eigenvalue weighted by molar-refractivity contribution is 5.92. The topological polar surface area (TPSA) is 104 Å². The van der Waals surface area contributed by atoms with Crippen molar-refractivity contribution in [2.24, 2.45) is 0 Å². The fraction of sp³-hybridized carbons (Fsp3) is 0.308. The number of aromatic nitrogens is 2. The molecule has 2 rings (SSSR count). The normalized spacial score (nSPS) is 12.3. The average molecular weight is 277 g/mol. The number of carboxylic acids is 1. The third-order valence-electron chi connectivity index (χ3n) is 3.08. The van der Waals surface area contributed by atoms with Gasteiger partial charge in [0.15, 0.2) is 0 Å². The summed E-state index contributed by atoms with van der Waals surface area (Å²) in [6, 6.07) is 3.62. The van der Waals surface area contributed by atoms with Gasteiger partial charge >= 0.3 is 11.7 Å². The minimum Gasteiger partial charge on any atom is -0.478 e. The Bertz CT molecular complexity index is 729. The van der Waals surface area contributed by atoms with E-state index in [-0.39, 0.29) is 11.5 Å². The zero-order chi connectivity index (χ0) is 14.9. The van der Waals surface area contributed by atoms with Crippen molar-refractivity contribution < 1.29 is 14.7 Å². The van der Waals surface area contributed by atoms with E-state index in [0.29, 0.717) is 17.6 Å². The number of carbonyl (C=O) groups is 2. The monoisotopic (exact) mass is 277 g/mol. The van der Waals surface area contributed by atoms with Crippen LogP contribution in [0.15, 0.2) is 23.0 Å². The van der Waals surface area contributed by atoms with E-state index in [2.05, 4.69) is 10.3 Å². The highest BCUT2D eigenvalue weighted by atomic mass is 16.4. The number of aromatic carboxylic acids is 1. The number of carboxylic acid groups (broad SMARTS) is 1. The molecule has 0 aliphatic heterocycles. The predicted molar refractivity (Wildman–Crippen MR) is 72.9 cm³/mol. The van der Waals surface area contributed by atoms with Crippen LogP contribution in [0.25, 0.3) is 11.0 Å². The van der Waals surface area contributed by atoms with E-state index in [9.17, 15) is 14.4 Å². The van der Waals surface area contributed by atoms with E-state index in [1.54, 1.807) is 13.8 Å². The zero-order valence-corrected chi connectivity index (χ0v) is 11.1. The van der Waals surface area contributed by atoms with Gasteiger partial charge in [-0.05, 0) is 32.0 Å². The van der Waals surface area contributed by atoms with Gasteiger partial charge < -0.3 is 15.4 Å². The molecule has 0 saturated heterocycles. The maximum Gasteiger partial charge on any atom is 0.335 e. The molecule has 2 aromatic rings. The highest BCUT2D eigenvalue weighted by Crippen LogP contribution is 2.16. The average Bonchev–Trinajstić information content (AvgIpc) is 2.72. The number of fused-ring (bicyclic) bond motifs is 1. The largest absolute Gasteiger partial charge is 0.478 e. The van der Waals surface area contributed by atoms with Gasteiger partial charge in [-0.2, -0.15) is 0 Å². The second kappa shape index (κ2) is 5.20. The van der Waals surface area contributed by atoms with Crippen LogP contribution in [0.3, 0.4) is 0 Å². The molecular weight excluding hydrogens is 262 g/mol. The number of nitrogens with zero attached hydrogens (tertiary/aromatic N) is 1. The molecule has 7 heteroatoms. The Morgan fingerprint density at radius 3 is 2.75 bits per heavy atom. The molecule has 1 heterocycles. The number of hydrogen-bond donors (Lipinski definition) is 3. The summed E-state index contributed by atoms with van der Waals surface area (Å²) >= 11 is 0. The summed E-state index contributed by atoms with van der Waals surface area (Å²) in [5, 5.41) is 11.6. The maximum atomic E-state index is 11.9. The Labute approximate surface area is 114 Å². The third kappa shape index (κ3) is 2.29. The molecule has 3 N–H and O–H groups in total. The Kier molecular flexibility index (Phi) is 3.60. The van der Waals surface area contributed by atoms with Crippen molar-refractivity contribution >= 4 is 22.9 Å². The summed E-state index contributed by atoms with van der Waals surface area (Å²) < 4.78 is 1.31. The van der Waals surface area contributed by atoms with Crippen LogP contribution < -0.4 is 11.0 Å². The van der Waals surface area contributed by atoms with Crippen LogP contribution in [0.5, 0.6) is 0 Å². The van der Waals surface area contributed by atoms with E-state index >= 15 is 0 Å². The van der Waals surface area contributed by atoms with Gasteiger partial charge in [0, 0.05) is 6.54 Å². The van der Waals surface area contributed by atoms with Gasteiger partial charge in [-0.15, -0.1) is 0 Å². The van der Waals surface area contributed by atoms with Crippen molar-refractivity contribution in [3.05, 3.63) is 34.2 Å². The van der Waals surface area contributed by atoms with Crippen LogP contribution in [0.1, 0.15) is 30.2 Å². The summed E-state index contributed by atoms with van der Waals surface area (Å²) in [6.07, 6.45) is 0. The van der Waals surface area contributed by atoms with Crippen LogP contribution in [0.4, 0.5) is 0 Å². The molecule has 1 aromatic heterocycles. The summed E-state index contributed by atoms with van der Waals surface area (Å²) in [4.78, 5) is 37.2. The molecule has 106 valence electrons. The first kappa shape index (κ1) is 13.9. The lowest BCUT2D eigenvalue weighted by Crippen LogP contribution is -2.34. The minimum absolute atomic E-state index is 0.0802. The highest BCUT2D eigenvalue weighted by Gasteiger charge is 2.19. The number of imidazole rings is 1. The fourth-order valence-corrected chi connectivity index (χ4v) is 2.09.